The molecule has 2 bridgehead atoms. The van der Waals surface area contributed by atoms with E-state index in [1.165, 1.54) is 12.5 Å². The molecule has 2 unspecified atom stereocenters. The SMILES string of the molecule is COc1ncc(CN2C3CC2CN(c2ccc(C4=CC(OCCN5CCOCC5)=CN/C4=C/C#N)cn2)C3)cc1Cl. The van der Waals surface area contributed by atoms with Gasteiger partial charge in [-0.25, -0.2) is 9.97 Å². The van der Waals surface area contributed by atoms with Crippen LogP contribution in [0.1, 0.15) is 17.5 Å². The number of dihydropyridines is 1. The third-order valence-electron chi connectivity index (χ3n) is 8.09. The molecule has 2 aromatic heterocycles. The third kappa shape index (κ3) is 6.19. The van der Waals surface area contributed by atoms with E-state index < -0.39 is 0 Å². The molecule has 0 aliphatic carbocycles. The number of hydrogen-bond donors (Lipinski definition) is 1. The number of allylic oxidation sites excluding steroid dienone is 3. The van der Waals surface area contributed by atoms with Crippen LogP contribution in [-0.4, -0.2) is 91.5 Å². The summed E-state index contributed by atoms with van der Waals surface area (Å²) in [6.45, 7) is 7.51. The molecule has 1 N–H and O–H groups in total. The Bertz CT molecular complexity index is 1370. The number of nitrogens with zero attached hydrogens (tertiary/aromatic N) is 6. The molecule has 0 spiro atoms. The van der Waals surface area contributed by atoms with Gasteiger partial charge in [0.2, 0.25) is 5.88 Å². The summed E-state index contributed by atoms with van der Waals surface area (Å²) in [5.74, 6) is 2.15. The molecule has 0 radical (unpaired) electrons. The fraction of sp³-hybridized carbons (Fsp3) is 0.433. The second-order valence-corrected chi connectivity index (χ2v) is 11.0. The first kappa shape index (κ1) is 27.5. The molecule has 0 aromatic carbocycles. The van der Waals surface area contributed by atoms with E-state index in [1.807, 2.05) is 24.5 Å². The average molecular weight is 576 g/mol. The molecule has 214 valence electrons. The molecular weight excluding hydrogens is 542 g/mol. The van der Waals surface area contributed by atoms with E-state index in [4.69, 9.17) is 30.8 Å². The Morgan fingerprint density at radius 2 is 2.02 bits per heavy atom. The molecular formula is C30H34ClN7O3. The van der Waals surface area contributed by atoms with Crippen molar-refractivity contribution in [3.05, 3.63) is 76.6 Å². The third-order valence-corrected chi connectivity index (χ3v) is 8.36. The van der Waals surface area contributed by atoms with Crippen LogP contribution in [0.3, 0.4) is 0 Å². The number of hydrogen-bond acceptors (Lipinski definition) is 10. The van der Waals surface area contributed by atoms with Crippen LogP contribution in [0.5, 0.6) is 5.88 Å². The zero-order valence-electron chi connectivity index (χ0n) is 23.1. The van der Waals surface area contributed by atoms with E-state index in [-0.39, 0.29) is 0 Å². The molecule has 0 saturated carbocycles. The second-order valence-electron chi connectivity index (χ2n) is 10.6. The van der Waals surface area contributed by atoms with Crippen molar-refractivity contribution in [2.75, 3.05) is 64.6 Å². The highest BCUT2D eigenvalue weighted by atomic mass is 35.5. The number of halogens is 1. The molecule has 2 atom stereocenters. The van der Waals surface area contributed by atoms with E-state index in [2.05, 4.69) is 43.2 Å². The molecule has 41 heavy (non-hydrogen) atoms. The Labute approximate surface area is 245 Å². The smallest absolute Gasteiger partial charge is 0.232 e. The molecule has 7 rings (SSSR count). The molecule has 10 nitrogen and oxygen atoms in total. The Kier molecular flexibility index (Phi) is 8.39. The number of morpholine rings is 1. The van der Waals surface area contributed by atoms with Gasteiger partial charge in [0.1, 0.15) is 23.2 Å². The number of piperidine rings is 1. The number of methoxy groups -OCH3 is 1. The van der Waals surface area contributed by atoms with Crippen molar-refractivity contribution in [1.29, 1.82) is 5.26 Å². The molecule has 11 heteroatoms. The number of aromatic nitrogens is 2. The number of anilines is 1. The molecule has 2 aromatic rings. The Morgan fingerprint density at radius 1 is 1.20 bits per heavy atom. The van der Waals surface area contributed by atoms with Crippen LogP contribution in [-0.2, 0) is 16.0 Å². The largest absolute Gasteiger partial charge is 0.491 e. The average Bonchev–Trinajstić information content (AvgIpc) is 3.01. The van der Waals surface area contributed by atoms with Crippen LogP contribution in [0.15, 0.2) is 60.4 Å². The highest BCUT2D eigenvalue weighted by Crippen LogP contribution is 2.36. The summed E-state index contributed by atoms with van der Waals surface area (Å²) in [7, 11) is 1.57. The van der Waals surface area contributed by atoms with Crippen LogP contribution < -0.4 is 15.0 Å². The fourth-order valence-electron chi connectivity index (χ4n) is 5.89. The van der Waals surface area contributed by atoms with Gasteiger partial charge in [-0.3, -0.25) is 9.80 Å². The summed E-state index contributed by atoms with van der Waals surface area (Å²) in [4.78, 5) is 16.4. The maximum atomic E-state index is 9.33. The minimum Gasteiger partial charge on any atom is -0.491 e. The zero-order valence-corrected chi connectivity index (χ0v) is 23.9. The van der Waals surface area contributed by atoms with Gasteiger partial charge in [-0.1, -0.05) is 11.6 Å². The van der Waals surface area contributed by atoms with Gasteiger partial charge in [-0.05, 0) is 36.3 Å². The highest BCUT2D eigenvalue weighted by Gasteiger charge is 2.44. The lowest BCUT2D eigenvalue weighted by Crippen LogP contribution is -2.68. The molecule has 7 heterocycles. The lowest BCUT2D eigenvalue weighted by Gasteiger charge is -2.56. The number of nitriles is 1. The van der Waals surface area contributed by atoms with Crippen molar-refractivity contribution >= 4 is 23.0 Å². The first-order valence-corrected chi connectivity index (χ1v) is 14.4. The van der Waals surface area contributed by atoms with Gasteiger partial charge < -0.3 is 24.4 Å². The Balaban J connectivity index is 1.08. The predicted octanol–water partition coefficient (Wildman–Crippen LogP) is 3.19. The van der Waals surface area contributed by atoms with Crippen molar-refractivity contribution in [1.82, 2.24) is 25.1 Å². The minimum absolute atomic E-state index is 0.457. The van der Waals surface area contributed by atoms with E-state index >= 15 is 0 Å². The standard InChI is InChI=1S/C30H34ClN7O3/c1-39-30-27(31)12-21(15-35-30)18-38-23-13-24(38)20-37(19-23)29-3-2-22(16-34-29)26-14-25(17-33-28(26)4-5-32)41-11-8-36-6-9-40-10-7-36/h2-4,12,14-17,23-24,33H,6-11,13,18-20H2,1H3/b28-4+. The number of fused-ring (bicyclic) bond motifs is 2. The van der Waals surface area contributed by atoms with Crippen molar-refractivity contribution in [3.63, 3.8) is 0 Å². The second kappa shape index (κ2) is 12.5. The summed E-state index contributed by atoms with van der Waals surface area (Å²) >= 11 is 6.29. The number of pyridine rings is 2. The number of nitrogens with one attached hydrogen (secondary N) is 1. The molecule has 5 aliphatic heterocycles. The van der Waals surface area contributed by atoms with Gasteiger partial charge in [0.25, 0.3) is 0 Å². The van der Waals surface area contributed by atoms with Crippen LogP contribution in [0.2, 0.25) is 5.02 Å². The van der Waals surface area contributed by atoms with Crippen molar-refractivity contribution < 1.29 is 14.2 Å². The van der Waals surface area contributed by atoms with Gasteiger partial charge in [0.05, 0.1) is 32.1 Å². The fourth-order valence-corrected chi connectivity index (χ4v) is 6.16. The summed E-state index contributed by atoms with van der Waals surface area (Å²) in [5.41, 5.74) is 3.63. The van der Waals surface area contributed by atoms with E-state index in [9.17, 15) is 5.26 Å². The van der Waals surface area contributed by atoms with Gasteiger partial charge in [-0.15, -0.1) is 0 Å². The summed E-state index contributed by atoms with van der Waals surface area (Å²) in [6.07, 6.45) is 10.2. The van der Waals surface area contributed by atoms with Crippen LogP contribution in [0, 0.1) is 11.3 Å². The predicted molar refractivity (Wildman–Crippen MR) is 156 cm³/mol. The van der Waals surface area contributed by atoms with Crippen LogP contribution in [0.4, 0.5) is 5.82 Å². The van der Waals surface area contributed by atoms with Crippen molar-refractivity contribution in [2.45, 2.75) is 25.0 Å². The van der Waals surface area contributed by atoms with Crippen LogP contribution >= 0.6 is 11.6 Å². The number of rotatable bonds is 9. The van der Waals surface area contributed by atoms with E-state index in [0.717, 1.165) is 86.5 Å². The van der Waals surface area contributed by atoms with Gasteiger partial charge in [0.15, 0.2) is 0 Å². The molecule has 4 saturated heterocycles. The maximum Gasteiger partial charge on any atom is 0.232 e. The Morgan fingerprint density at radius 3 is 2.73 bits per heavy atom. The normalized spacial score (nSPS) is 23.6. The summed E-state index contributed by atoms with van der Waals surface area (Å²) < 4.78 is 16.6. The lowest BCUT2D eigenvalue weighted by atomic mass is 9.87. The molecule has 0 amide bonds. The zero-order chi connectivity index (χ0) is 28.2. The quantitative estimate of drug-likeness (QED) is 0.449. The lowest BCUT2D eigenvalue weighted by molar-refractivity contribution is -0.00876. The van der Waals surface area contributed by atoms with Gasteiger partial charge >= 0.3 is 0 Å². The van der Waals surface area contributed by atoms with Crippen molar-refractivity contribution in [3.8, 4) is 11.9 Å². The molecule has 4 fully saturated rings. The highest BCUT2D eigenvalue weighted by molar-refractivity contribution is 6.31. The van der Waals surface area contributed by atoms with E-state index in [1.54, 1.807) is 13.3 Å². The topological polar surface area (TPSA) is 99.0 Å². The summed E-state index contributed by atoms with van der Waals surface area (Å²) in [6, 6.07) is 9.15. The first-order valence-electron chi connectivity index (χ1n) is 14.0. The summed E-state index contributed by atoms with van der Waals surface area (Å²) in [5, 5.41) is 13.1. The number of ether oxygens (including phenoxy) is 3. The van der Waals surface area contributed by atoms with Gasteiger partial charge in [0, 0.05) is 87.2 Å². The maximum absolute atomic E-state index is 9.33. The van der Waals surface area contributed by atoms with Crippen LogP contribution in [0.25, 0.3) is 5.57 Å². The first-order chi connectivity index (χ1) is 20.1. The van der Waals surface area contributed by atoms with E-state index in [0.29, 0.717) is 29.6 Å². The Hall–Kier alpha value is -3.62. The monoisotopic (exact) mass is 575 g/mol. The van der Waals surface area contributed by atoms with Gasteiger partial charge in [-0.2, -0.15) is 5.26 Å². The molecule has 5 aliphatic rings. The van der Waals surface area contributed by atoms with Crippen molar-refractivity contribution in [2.24, 2.45) is 0 Å². The number of piperazine rings is 1. The minimum atomic E-state index is 0.457.